The lowest BCUT2D eigenvalue weighted by Gasteiger charge is -2.26. The number of nitrogens with zero attached hydrogens (tertiary/aromatic N) is 1. The minimum absolute atomic E-state index is 0.0651. The van der Waals surface area contributed by atoms with E-state index in [4.69, 9.17) is 9.47 Å². The summed E-state index contributed by atoms with van der Waals surface area (Å²) in [7, 11) is -1.17. The molecule has 0 saturated carbocycles. The van der Waals surface area contributed by atoms with Crippen LogP contribution in [0.2, 0.25) is 0 Å². The quantitative estimate of drug-likeness (QED) is 0.512. The minimum Gasteiger partial charge on any atom is -0.497 e. The molecule has 0 aliphatic heterocycles. The Morgan fingerprint density at radius 3 is 2.03 bits per heavy atom. The SMILES string of the molecule is COc1cc(CN(c2ccc(C)c(F)c2)S(=O)(=O)c2ccc(F)cc2C)cc(OC)c1. The first kappa shape index (κ1) is 22.6. The Morgan fingerprint density at radius 1 is 0.839 bits per heavy atom. The van der Waals surface area contributed by atoms with Gasteiger partial charge in [-0.1, -0.05) is 6.07 Å². The summed E-state index contributed by atoms with van der Waals surface area (Å²) in [5, 5.41) is 0. The summed E-state index contributed by atoms with van der Waals surface area (Å²) in [5.41, 5.74) is 1.36. The van der Waals surface area contributed by atoms with Gasteiger partial charge in [0.15, 0.2) is 0 Å². The van der Waals surface area contributed by atoms with Crippen LogP contribution in [0.25, 0.3) is 0 Å². The molecule has 164 valence electrons. The molecule has 0 N–H and O–H groups in total. The zero-order valence-electron chi connectivity index (χ0n) is 17.6. The van der Waals surface area contributed by atoms with Crippen molar-refractivity contribution < 1.29 is 26.7 Å². The second kappa shape index (κ2) is 8.93. The number of hydrogen-bond acceptors (Lipinski definition) is 4. The van der Waals surface area contributed by atoms with Crippen LogP contribution >= 0.6 is 0 Å². The van der Waals surface area contributed by atoms with E-state index in [9.17, 15) is 17.2 Å². The summed E-state index contributed by atoms with van der Waals surface area (Å²) in [6.07, 6.45) is 0. The van der Waals surface area contributed by atoms with Gasteiger partial charge in [-0.2, -0.15) is 0 Å². The fourth-order valence-electron chi connectivity index (χ4n) is 3.20. The van der Waals surface area contributed by atoms with Crippen molar-refractivity contribution in [2.45, 2.75) is 25.3 Å². The van der Waals surface area contributed by atoms with Crippen molar-refractivity contribution in [3.05, 3.63) is 82.9 Å². The number of aryl methyl sites for hydroxylation is 2. The van der Waals surface area contributed by atoms with Gasteiger partial charge in [-0.05, 0) is 73.0 Å². The first-order valence-electron chi connectivity index (χ1n) is 9.42. The number of benzene rings is 3. The largest absolute Gasteiger partial charge is 0.497 e. The number of ether oxygens (including phenoxy) is 2. The van der Waals surface area contributed by atoms with Crippen LogP contribution in [0.5, 0.6) is 11.5 Å². The second-order valence-corrected chi connectivity index (χ2v) is 8.91. The zero-order chi connectivity index (χ0) is 22.8. The van der Waals surface area contributed by atoms with Crippen molar-refractivity contribution in [1.29, 1.82) is 0 Å². The Balaban J connectivity index is 2.17. The maximum atomic E-state index is 14.3. The Hall–Kier alpha value is -3.13. The Morgan fingerprint density at radius 2 is 1.48 bits per heavy atom. The summed E-state index contributed by atoms with van der Waals surface area (Å²) in [6.45, 7) is 2.99. The Labute approximate surface area is 180 Å². The molecule has 0 saturated heterocycles. The van der Waals surface area contributed by atoms with Gasteiger partial charge in [-0.15, -0.1) is 0 Å². The van der Waals surface area contributed by atoms with Crippen molar-refractivity contribution in [1.82, 2.24) is 0 Å². The summed E-state index contributed by atoms with van der Waals surface area (Å²) in [6, 6.07) is 12.7. The van der Waals surface area contributed by atoms with Crippen molar-refractivity contribution in [2.75, 3.05) is 18.5 Å². The van der Waals surface area contributed by atoms with Crippen LogP contribution < -0.4 is 13.8 Å². The van der Waals surface area contributed by atoms with Gasteiger partial charge in [0.25, 0.3) is 10.0 Å². The lowest BCUT2D eigenvalue weighted by molar-refractivity contribution is 0.393. The third-order valence-electron chi connectivity index (χ3n) is 4.89. The number of methoxy groups -OCH3 is 2. The Bertz CT molecular complexity index is 1190. The topological polar surface area (TPSA) is 55.8 Å². The molecule has 0 heterocycles. The van der Waals surface area contributed by atoms with Crippen molar-refractivity contribution in [2.24, 2.45) is 0 Å². The van der Waals surface area contributed by atoms with Gasteiger partial charge < -0.3 is 9.47 Å². The lowest BCUT2D eigenvalue weighted by atomic mass is 10.1. The predicted molar refractivity (Wildman–Crippen MR) is 115 cm³/mol. The number of hydrogen-bond donors (Lipinski definition) is 0. The van der Waals surface area contributed by atoms with Crippen LogP contribution in [-0.2, 0) is 16.6 Å². The third kappa shape index (κ3) is 4.80. The summed E-state index contributed by atoms with van der Waals surface area (Å²) >= 11 is 0. The van der Waals surface area contributed by atoms with Gasteiger partial charge >= 0.3 is 0 Å². The van der Waals surface area contributed by atoms with Crippen molar-refractivity contribution in [3.63, 3.8) is 0 Å². The highest BCUT2D eigenvalue weighted by Gasteiger charge is 2.28. The van der Waals surface area contributed by atoms with Crippen LogP contribution in [-0.4, -0.2) is 22.6 Å². The standard InChI is InChI=1S/C23H23F2NO4S/c1-15-5-7-19(12-22(15)25)26(14-17-10-20(29-3)13-21(11-17)30-4)31(27,28)23-8-6-18(24)9-16(23)2/h5-13H,14H2,1-4H3. The predicted octanol–water partition coefficient (Wildman–Crippen LogP) is 4.99. The molecular formula is C23H23F2NO4S. The smallest absolute Gasteiger partial charge is 0.264 e. The molecule has 0 aromatic heterocycles. The molecule has 3 aromatic rings. The maximum absolute atomic E-state index is 14.3. The first-order chi connectivity index (χ1) is 14.6. The molecule has 31 heavy (non-hydrogen) atoms. The van der Waals surface area contributed by atoms with Gasteiger partial charge in [0.05, 0.1) is 31.3 Å². The molecule has 0 aliphatic rings. The van der Waals surface area contributed by atoms with Gasteiger partial charge in [-0.25, -0.2) is 17.2 Å². The monoisotopic (exact) mass is 447 g/mol. The molecule has 0 aliphatic carbocycles. The molecule has 3 rings (SSSR count). The maximum Gasteiger partial charge on any atom is 0.264 e. The number of sulfonamides is 1. The van der Waals surface area contributed by atoms with Crippen LogP contribution in [0.4, 0.5) is 14.5 Å². The molecule has 0 amide bonds. The number of halogens is 2. The fourth-order valence-corrected chi connectivity index (χ4v) is 4.85. The van der Waals surface area contributed by atoms with E-state index in [0.717, 1.165) is 16.4 Å². The third-order valence-corrected chi connectivity index (χ3v) is 6.82. The van der Waals surface area contributed by atoms with Gasteiger partial charge in [0, 0.05) is 6.07 Å². The van der Waals surface area contributed by atoms with E-state index in [1.165, 1.54) is 45.4 Å². The zero-order valence-corrected chi connectivity index (χ0v) is 18.5. The molecule has 0 radical (unpaired) electrons. The van der Waals surface area contributed by atoms with Crippen molar-refractivity contribution >= 4 is 15.7 Å². The molecular weight excluding hydrogens is 424 g/mol. The van der Waals surface area contributed by atoms with Gasteiger partial charge in [-0.3, -0.25) is 4.31 Å². The van der Waals surface area contributed by atoms with E-state index in [1.807, 2.05) is 0 Å². The summed E-state index contributed by atoms with van der Waals surface area (Å²) < 4.78 is 66.7. The summed E-state index contributed by atoms with van der Waals surface area (Å²) in [4.78, 5) is -0.0651. The molecule has 8 heteroatoms. The van der Waals surface area contributed by atoms with Crippen molar-refractivity contribution in [3.8, 4) is 11.5 Å². The summed E-state index contributed by atoms with van der Waals surface area (Å²) in [5.74, 6) is -0.0989. The van der Waals surface area contributed by atoms with Crippen LogP contribution in [0.1, 0.15) is 16.7 Å². The van der Waals surface area contributed by atoms with E-state index in [-0.39, 0.29) is 22.7 Å². The van der Waals surface area contributed by atoms with Crippen LogP contribution in [0.15, 0.2) is 59.5 Å². The average Bonchev–Trinajstić information content (AvgIpc) is 2.73. The highest BCUT2D eigenvalue weighted by Crippen LogP contribution is 2.31. The van der Waals surface area contributed by atoms with E-state index >= 15 is 0 Å². The molecule has 0 unspecified atom stereocenters. The Kier molecular flexibility index (Phi) is 6.50. The van der Waals surface area contributed by atoms with Crippen LogP contribution in [0, 0.1) is 25.5 Å². The first-order valence-corrected chi connectivity index (χ1v) is 10.9. The van der Waals surface area contributed by atoms with E-state index < -0.39 is 21.7 Å². The highest BCUT2D eigenvalue weighted by molar-refractivity contribution is 7.92. The van der Waals surface area contributed by atoms with Gasteiger partial charge in [0.1, 0.15) is 23.1 Å². The molecule has 0 atom stereocenters. The molecule has 0 fully saturated rings. The average molecular weight is 448 g/mol. The number of rotatable bonds is 7. The van der Waals surface area contributed by atoms with Crippen LogP contribution in [0.3, 0.4) is 0 Å². The second-order valence-electron chi connectivity index (χ2n) is 7.08. The van der Waals surface area contributed by atoms with E-state index in [2.05, 4.69) is 0 Å². The minimum atomic E-state index is -4.15. The van der Waals surface area contributed by atoms with Gasteiger partial charge in [0.2, 0.25) is 0 Å². The number of anilines is 1. The lowest BCUT2D eigenvalue weighted by Crippen LogP contribution is -2.31. The highest BCUT2D eigenvalue weighted by atomic mass is 32.2. The molecule has 0 spiro atoms. The molecule has 3 aromatic carbocycles. The normalized spacial score (nSPS) is 11.3. The van der Waals surface area contributed by atoms with E-state index in [0.29, 0.717) is 22.6 Å². The fraction of sp³-hybridized carbons (Fsp3) is 0.217. The van der Waals surface area contributed by atoms with E-state index in [1.54, 1.807) is 25.1 Å². The molecule has 5 nitrogen and oxygen atoms in total. The molecule has 0 bridgehead atoms.